The molecule has 0 saturated carbocycles. The lowest BCUT2D eigenvalue weighted by Crippen LogP contribution is -2.49. The van der Waals surface area contributed by atoms with Crippen molar-refractivity contribution in [1.29, 1.82) is 0 Å². The zero-order valence-electron chi connectivity index (χ0n) is 15.7. The standard InChI is InChI=1S/C19H30FN5O/c1-15(2)7-9-22-19(21)23-10-8-18(26)25-13-11-24(12-14-25)17-5-3-16(20)4-6-17/h3-6,15H,7-14H2,1-2H3,(H3,21,22,23). The minimum atomic E-state index is -0.234. The summed E-state index contributed by atoms with van der Waals surface area (Å²) in [5.74, 6) is 0.884. The van der Waals surface area contributed by atoms with Gasteiger partial charge in [0.1, 0.15) is 5.82 Å². The van der Waals surface area contributed by atoms with Gasteiger partial charge in [-0.05, 0) is 36.6 Å². The summed E-state index contributed by atoms with van der Waals surface area (Å²) in [5.41, 5.74) is 6.79. The van der Waals surface area contributed by atoms with E-state index in [9.17, 15) is 9.18 Å². The van der Waals surface area contributed by atoms with Gasteiger partial charge in [-0.1, -0.05) is 13.8 Å². The number of aliphatic imine (C=N–C) groups is 1. The fraction of sp³-hybridized carbons (Fsp3) is 0.579. The topological polar surface area (TPSA) is 74.0 Å². The molecule has 26 heavy (non-hydrogen) atoms. The Morgan fingerprint density at radius 2 is 1.88 bits per heavy atom. The summed E-state index contributed by atoms with van der Waals surface area (Å²) in [6.07, 6.45) is 1.40. The summed E-state index contributed by atoms with van der Waals surface area (Å²) in [7, 11) is 0. The molecule has 0 spiro atoms. The first-order valence-electron chi connectivity index (χ1n) is 9.28. The lowest BCUT2D eigenvalue weighted by molar-refractivity contribution is -0.131. The zero-order valence-corrected chi connectivity index (χ0v) is 15.7. The van der Waals surface area contributed by atoms with Crippen molar-refractivity contribution >= 4 is 17.6 Å². The molecule has 1 fully saturated rings. The van der Waals surface area contributed by atoms with Crippen molar-refractivity contribution in [1.82, 2.24) is 10.2 Å². The number of carbonyl (C=O) groups excluding carboxylic acids is 1. The Balaban J connectivity index is 1.67. The van der Waals surface area contributed by atoms with Gasteiger partial charge in [-0.2, -0.15) is 0 Å². The van der Waals surface area contributed by atoms with E-state index in [0.717, 1.165) is 25.2 Å². The number of benzene rings is 1. The third-order valence-electron chi connectivity index (χ3n) is 4.46. The normalized spacial score (nSPS) is 15.5. The average molecular weight is 363 g/mol. The highest BCUT2D eigenvalue weighted by Gasteiger charge is 2.20. The van der Waals surface area contributed by atoms with Crippen molar-refractivity contribution in [3.8, 4) is 0 Å². The maximum atomic E-state index is 13.0. The molecular weight excluding hydrogens is 333 g/mol. The van der Waals surface area contributed by atoms with Gasteiger partial charge in [-0.25, -0.2) is 4.39 Å². The maximum absolute atomic E-state index is 13.0. The molecule has 0 atom stereocenters. The third-order valence-corrected chi connectivity index (χ3v) is 4.46. The second kappa shape index (κ2) is 9.99. The number of amides is 1. The van der Waals surface area contributed by atoms with Crippen LogP contribution in [0.3, 0.4) is 0 Å². The number of halogens is 1. The van der Waals surface area contributed by atoms with E-state index in [4.69, 9.17) is 5.73 Å². The molecule has 1 aromatic rings. The minimum absolute atomic E-state index is 0.117. The van der Waals surface area contributed by atoms with E-state index in [0.29, 0.717) is 44.5 Å². The lowest BCUT2D eigenvalue weighted by atomic mass is 10.1. The molecule has 1 aliphatic heterocycles. The van der Waals surface area contributed by atoms with Crippen LogP contribution in [0.2, 0.25) is 0 Å². The summed E-state index contributed by atoms with van der Waals surface area (Å²) in [6, 6.07) is 6.48. The summed E-state index contributed by atoms with van der Waals surface area (Å²) < 4.78 is 13.0. The number of carbonyl (C=O) groups is 1. The molecule has 2 rings (SSSR count). The van der Waals surface area contributed by atoms with Crippen molar-refractivity contribution in [2.75, 3.05) is 44.2 Å². The van der Waals surface area contributed by atoms with E-state index >= 15 is 0 Å². The zero-order chi connectivity index (χ0) is 18.9. The first kappa shape index (κ1) is 20.0. The van der Waals surface area contributed by atoms with E-state index < -0.39 is 0 Å². The van der Waals surface area contributed by atoms with Crippen LogP contribution < -0.4 is 16.0 Å². The van der Waals surface area contributed by atoms with Gasteiger partial charge >= 0.3 is 0 Å². The lowest BCUT2D eigenvalue weighted by Gasteiger charge is -2.36. The SMILES string of the molecule is CC(C)CCN=C(N)NCCC(=O)N1CCN(c2ccc(F)cc2)CC1. The number of rotatable bonds is 7. The van der Waals surface area contributed by atoms with Crippen LogP contribution in [-0.4, -0.2) is 56.0 Å². The molecule has 3 N–H and O–H groups in total. The predicted octanol–water partition coefficient (Wildman–Crippen LogP) is 1.81. The molecule has 6 nitrogen and oxygen atoms in total. The van der Waals surface area contributed by atoms with Crippen LogP contribution in [0.15, 0.2) is 29.3 Å². The Hall–Kier alpha value is -2.31. The number of anilines is 1. The molecule has 1 aromatic carbocycles. The molecule has 0 bridgehead atoms. The third kappa shape index (κ3) is 6.54. The monoisotopic (exact) mass is 363 g/mol. The van der Waals surface area contributed by atoms with Gasteiger partial charge in [-0.15, -0.1) is 0 Å². The Morgan fingerprint density at radius 1 is 1.23 bits per heavy atom. The highest BCUT2D eigenvalue weighted by molar-refractivity contribution is 5.80. The largest absolute Gasteiger partial charge is 0.370 e. The van der Waals surface area contributed by atoms with Crippen LogP contribution in [-0.2, 0) is 4.79 Å². The second-order valence-electron chi connectivity index (χ2n) is 6.97. The van der Waals surface area contributed by atoms with Gasteiger partial charge in [0.2, 0.25) is 5.91 Å². The molecule has 0 aliphatic carbocycles. The van der Waals surface area contributed by atoms with Crippen molar-refractivity contribution < 1.29 is 9.18 Å². The highest BCUT2D eigenvalue weighted by Crippen LogP contribution is 2.17. The quantitative estimate of drug-likeness (QED) is 0.572. The van der Waals surface area contributed by atoms with E-state index in [1.807, 2.05) is 4.90 Å². The van der Waals surface area contributed by atoms with E-state index in [-0.39, 0.29) is 11.7 Å². The second-order valence-corrected chi connectivity index (χ2v) is 6.97. The van der Waals surface area contributed by atoms with Gasteiger partial charge < -0.3 is 20.9 Å². The van der Waals surface area contributed by atoms with Crippen molar-refractivity contribution in [2.45, 2.75) is 26.7 Å². The van der Waals surface area contributed by atoms with Crippen molar-refractivity contribution in [3.05, 3.63) is 30.1 Å². The Bertz CT molecular complexity index is 594. The van der Waals surface area contributed by atoms with Gasteiger partial charge in [-0.3, -0.25) is 9.79 Å². The fourth-order valence-corrected chi connectivity index (χ4v) is 2.82. The van der Waals surface area contributed by atoms with Crippen LogP contribution in [0, 0.1) is 11.7 Å². The molecule has 144 valence electrons. The molecule has 1 heterocycles. The number of hydrogen-bond acceptors (Lipinski definition) is 3. The van der Waals surface area contributed by atoms with Crippen LogP contribution in [0.4, 0.5) is 10.1 Å². The predicted molar refractivity (Wildman–Crippen MR) is 104 cm³/mol. The van der Waals surface area contributed by atoms with Crippen LogP contribution in [0.5, 0.6) is 0 Å². The number of nitrogens with zero attached hydrogens (tertiary/aromatic N) is 3. The Labute approximate surface area is 155 Å². The van der Waals surface area contributed by atoms with Gasteiger partial charge in [0.05, 0.1) is 0 Å². The maximum Gasteiger partial charge on any atom is 0.224 e. The van der Waals surface area contributed by atoms with Gasteiger partial charge in [0.15, 0.2) is 5.96 Å². The smallest absolute Gasteiger partial charge is 0.224 e. The molecule has 0 unspecified atom stereocenters. The number of nitrogens with one attached hydrogen (secondary N) is 1. The Morgan fingerprint density at radius 3 is 2.50 bits per heavy atom. The van der Waals surface area contributed by atoms with Gasteiger partial charge in [0, 0.05) is 51.4 Å². The first-order valence-corrected chi connectivity index (χ1v) is 9.28. The number of guanidine groups is 1. The molecule has 0 aromatic heterocycles. The molecule has 1 amide bonds. The molecular formula is C19H30FN5O. The van der Waals surface area contributed by atoms with Crippen LogP contribution in [0.25, 0.3) is 0 Å². The Kier molecular flexibility index (Phi) is 7.69. The van der Waals surface area contributed by atoms with Crippen LogP contribution >= 0.6 is 0 Å². The summed E-state index contributed by atoms with van der Waals surface area (Å²) in [4.78, 5) is 20.6. The van der Waals surface area contributed by atoms with Crippen molar-refractivity contribution in [3.63, 3.8) is 0 Å². The fourth-order valence-electron chi connectivity index (χ4n) is 2.82. The van der Waals surface area contributed by atoms with Crippen LogP contribution in [0.1, 0.15) is 26.7 Å². The highest BCUT2D eigenvalue weighted by atomic mass is 19.1. The summed E-state index contributed by atoms with van der Waals surface area (Å²) in [6.45, 7) is 8.35. The molecule has 1 aliphatic rings. The van der Waals surface area contributed by atoms with Gasteiger partial charge in [0.25, 0.3) is 0 Å². The number of nitrogens with two attached hydrogens (primary N) is 1. The number of hydrogen-bond donors (Lipinski definition) is 2. The number of piperazine rings is 1. The minimum Gasteiger partial charge on any atom is -0.370 e. The summed E-state index contributed by atoms with van der Waals surface area (Å²) >= 11 is 0. The van der Waals surface area contributed by atoms with Crippen molar-refractivity contribution in [2.24, 2.45) is 16.6 Å². The summed E-state index contributed by atoms with van der Waals surface area (Å²) in [5, 5.41) is 3.00. The van der Waals surface area contributed by atoms with E-state index in [1.165, 1.54) is 12.1 Å². The molecule has 7 heteroatoms. The first-order chi connectivity index (χ1) is 12.5. The van der Waals surface area contributed by atoms with E-state index in [1.54, 1.807) is 12.1 Å². The van der Waals surface area contributed by atoms with E-state index in [2.05, 4.69) is 29.1 Å². The molecule has 1 saturated heterocycles. The average Bonchev–Trinajstić information content (AvgIpc) is 2.62. The molecule has 0 radical (unpaired) electrons.